The van der Waals surface area contributed by atoms with Crippen LogP contribution >= 0.6 is 0 Å². The molecular weight excluding hydrogens is 170 g/mol. The van der Waals surface area contributed by atoms with E-state index in [1.807, 2.05) is 0 Å². The van der Waals surface area contributed by atoms with Crippen LogP contribution in [0.2, 0.25) is 0 Å². The van der Waals surface area contributed by atoms with Gasteiger partial charge in [0.05, 0.1) is 0 Å². The molecule has 1 aliphatic heterocycles. The molecule has 76 valence electrons. The van der Waals surface area contributed by atoms with Crippen molar-refractivity contribution in [3.8, 4) is 0 Å². The van der Waals surface area contributed by atoms with Gasteiger partial charge in [-0.2, -0.15) is 0 Å². The summed E-state index contributed by atoms with van der Waals surface area (Å²) in [5, 5.41) is 3.64. The van der Waals surface area contributed by atoms with Crippen LogP contribution in [0.1, 0.15) is 32.1 Å². The van der Waals surface area contributed by atoms with E-state index in [9.17, 15) is 0 Å². The summed E-state index contributed by atoms with van der Waals surface area (Å²) in [6, 6.07) is 0.684. The molecule has 3 rings (SSSR count). The van der Waals surface area contributed by atoms with Crippen LogP contribution in [0.15, 0.2) is 23.8 Å². The summed E-state index contributed by atoms with van der Waals surface area (Å²) in [4.78, 5) is 0. The maximum Gasteiger partial charge on any atom is 0.0287 e. The van der Waals surface area contributed by atoms with E-state index in [2.05, 4.69) is 23.5 Å². The van der Waals surface area contributed by atoms with Gasteiger partial charge in [0.2, 0.25) is 0 Å². The Labute approximate surface area is 86.3 Å². The van der Waals surface area contributed by atoms with Crippen molar-refractivity contribution in [1.29, 1.82) is 0 Å². The van der Waals surface area contributed by atoms with Crippen molar-refractivity contribution >= 4 is 0 Å². The number of hydrogen-bond donors (Lipinski definition) is 1. The van der Waals surface area contributed by atoms with E-state index in [1.165, 1.54) is 38.6 Å². The van der Waals surface area contributed by atoms with Gasteiger partial charge < -0.3 is 5.32 Å². The van der Waals surface area contributed by atoms with Crippen molar-refractivity contribution in [2.75, 3.05) is 6.54 Å². The minimum absolute atomic E-state index is 0.684. The van der Waals surface area contributed by atoms with Crippen molar-refractivity contribution in [1.82, 2.24) is 5.32 Å². The van der Waals surface area contributed by atoms with Gasteiger partial charge in [-0.3, -0.25) is 0 Å². The van der Waals surface area contributed by atoms with Gasteiger partial charge in [-0.1, -0.05) is 18.2 Å². The molecule has 1 saturated heterocycles. The Kier molecular flexibility index (Phi) is 2.21. The van der Waals surface area contributed by atoms with Crippen molar-refractivity contribution in [3.05, 3.63) is 23.8 Å². The van der Waals surface area contributed by atoms with E-state index in [4.69, 9.17) is 0 Å². The molecule has 0 spiro atoms. The molecule has 0 aromatic heterocycles. The average molecular weight is 189 g/mol. The van der Waals surface area contributed by atoms with Crippen LogP contribution in [0.4, 0.5) is 0 Å². The van der Waals surface area contributed by atoms with E-state index in [1.54, 1.807) is 5.57 Å². The molecule has 3 aliphatic rings. The largest absolute Gasteiger partial charge is 0.310 e. The third-order valence-electron chi connectivity index (χ3n) is 4.10. The highest BCUT2D eigenvalue weighted by Gasteiger charge is 2.34. The van der Waals surface area contributed by atoms with Crippen molar-refractivity contribution in [2.45, 2.75) is 38.1 Å². The minimum atomic E-state index is 0.684. The second kappa shape index (κ2) is 3.54. The summed E-state index contributed by atoms with van der Waals surface area (Å²) >= 11 is 0. The van der Waals surface area contributed by atoms with Crippen molar-refractivity contribution in [3.63, 3.8) is 0 Å². The van der Waals surface area contributed by atoms with Crippen LogP contribution in [0.5, 0.6) is 0 Å². The second-order valence-corrected chi connectivity index (χ2v) is 4.89. The first-order chi connectivity index (χ1) is 6.95. The monoisotopic (exact) mass is 189 g/mol. The lowest BCUT2D eigenvalue weighted by molar-refractivity contribution is 0.227. The smallest absolute Gasteiger partial charge is 0.0287 e. The van der Waals surface area contributed by atoms with E-state index in [0.717, 1.165) is 11.8 Å². The maximum absolute atomic E-state index is 3.64. The molecule has 0 aromatic rings. The van der Waals surface area contributed by atoms with Gasteiger partial charge in [0.25, 0.3) is 0 Å². The Bertz CT molecular complexity index is 277. The highest BCUT2D eigenvalue weighted by Crippen LogP contribution is 2.40. The molecule has 1 heteroatoms. The Balaban J connectivity index is 1.90. The molecule has 1 fully saturated rings. The first kappa shape index (κ1) is 8.72. The normalized spacial score (nSPS) is 41.1. The number of hydrogen-bond acceptors (Lipinski definition) is 1. The zero-order valence-electron chi connectivity index (χ0n) is 8.71. The Hall–Kier alpha value is -0.560. The molecule has 0 amide bonds. The lowest BCUT2D eigenvalue weighted by atomic mass is 9.69. The molecule has 0 radical (unpaired) electrons. The number of nitrogens with one attached hydrogen (secondary N) is 1. The summed E-state index contributed by atoms with van der Waals surface area (Å²) < 4.78 is 0. The van der Waals surface area contributed by atoms with E-state index < -0.39 is 0 Å². The maximum atomic E-state index is 3.64. The fourth-order valence-corrected chi connectivity index (χ4v) is 3.39. The van der Waals surface area contributed by atoms with Crippen LogP contribution in [0.25, 0.3) is 0 Å². The summed E-state index contributed by atoms with van der Waals surface area (Å²) in [5.41, 5.74) is 1.64. The molecular formula is C13H19N. The predicted molar refractivity (Wildman–Crippen MR) is 59.1 cm³/mol. The molecule has 0 aromatic carbocycles. The molecule has 1 heterocycles. The zero-order valence-corrected chi connectivity index (χ0v) is 8.71. The van der Waals surface area contributed by atoms with Crippen LogP contribution in [-0.2, 0) is 0 Å². The van der Waals surface area contributed by atoms with Gasteiger partial charge in [0.15, 0.2) is 0 Å². The Morgan fingerprint density at radius 2 is 2.21 bits per heavy atom. The van der Waals surface area contributed by atoms with Gasteiger partial charge >= 0.3 is 0 Å². The minimum Gasteiger partial charge on any atom is -0.310 e. The first-order valence-electron chi connectivity index (χ1n) is 6.07. The Morgan fingerprint density at radius 3 is 3.21 bits per heavy atom. The lowest BCUT2D eigenvalue weighted by Gasteiger charge is -2.41. The molecule has 14 heavy (non-hydrogen) atoms. The fraction of sp³-hybridized carbons (Fsp3) is 0.692. The topological polar surface area (TPSA) is 12.0 Å². The van der Waals surface area contributed by atoms with Crippen molar-refractivity contribution < 1.29 is 0 Å². The fourth-order valence-electron chi connectivity index (χ4n) is 3.39. The second-order valence-electron chi connectivity index (χ2n) is 4.89. The molecule has 3 unspecified atom stereocenters. The number of allylic oxidation sites excluding steroid dienone is 3. The number of piperidine rings is 1. The van der Waals surface area contributed by atoms with Gasteiger partial charge in [0, 0.05) is 6.04 Å². The third kappa shape index (κ3) is 1.35. The molecule has 3 atom stereocenters. The molecule has 0 bridgehead atoms. The standard InChI is InChI=1S/C13H19N/c1-2-5-11-10(4-1)7-8-13-12(11)6-3-9-14-13/h4,7-8,11-14H,1-3,5-6,9H2. The molecule has 1 nitrogen and oxygen atoms in total. The average Bonchev–Trinajstić information content (AvgIpc) is 2.29. The van der Waals surface area contributed by atoms with Gasteiger partial charge in [-0.05, 0) is 56.1 Å². The van der Waals surface area contributed by atoms with E-state index in [0.29, 0.717) is 6.04 Å². The van der Waals surface area contributed by atoms with E-state index in [-0.39, 0.29) is 0 Å². The number of fused-ring (bicyclic) bond motifs is 3. The van der Waals surface area contributed by atoms with Crippen LogP contribution in [-0.4, -0.2) is 12.6 Å². The van der Waals surface area contributed by atoms with Gasteiger partial charge in [0.1, 0.15) is 0 Å². The van der Waals surface area contributed by atoms with Crippen LogP contribution in [0, 0.1) is 11.8 Å². The lowest BCUT2D eigenvalue weighted by Crippen LogP contribution is -2.45. The summed E-state index contributed by atoms with van der Waals surface area (Å²) in [7, 11) is 0. The van der Waals surface area contributed by atoms with Gasteiger partial charge in [-0.25, -0.2) is 0 Å². The quantitative estimate of drug-likeness (QED) is 0.617. The summed E-state index contributed by atoms with van der Waals surface area (Å²) in [5.74, 6) is 1.78. The third-order valence-corrected chi connectivity index (χ3v) is 4.10. The van der Waals surface area contributed by atoms with E-state index >= 15 is 0 Å². The van der Waals surface area contributed by atoms with Crippen LogP contribution < -0.4 is 5.32 Å². The molecule has 0 saturated carbocycles. The van der Waals surface area contributed by atoms with Crippen molar-refractivity contribution in [2.24, 2.45) is 11.8 Å². The highest BCUT2D eigenvalue weighted by atomic mass is 14.9. The predicted octanol–water partition coefficient (Wildman–Crippen LogP) is 2.65. The summed E-state index contributed by atoms with van der Waals surface area (Å²) in [6.07, 6.45) is 14.2. The molecule has 1 N–H and O–H groups in total. The molecule has 2 aliphatic carbocycles. The van der Waals surface area contributed by atoms with Gasteiger partial charge in [-0.15, -0.1) is 0 Å². The SMILES string of the molecule is C1=CC2NCCCC2C2CCCC=C12. The number of rotatable bonds is 0. The first-order valence-corrected chi connectivity index (χ1v) is 6.07. The zero-order chi connectivity index (χ0) is 9.38. The Morgan fingerprint density at radius 1 is 1.21 bits per heavy atom. The highest BCUT2D eigenvalue weighted by molar-refractivity contribution is 5.30. The van der Waals surface area contributed by atoms with Crippen LogP contribution in [0.3, 0.4) is 0 Å². The summed E-state index contributed by atoms with van der Waals surface area (Å²) in [6.45, 7) is 1.22.